The maximum absolute atomic E-state index is 10.5. The van der Waals surface area contributed by atoms with Crippen LogP contribution in [0.15, 0.2) is 0 Å². The van der Waals surface area contributed by atoms with Gasteiger partial charge in [-0.3, -0.25) is 0 Å². The van der Waals surface area contributed by atoms with E-state index in [1.165, 1.54) is 0 Å². The summed E-state index contributed by atoms with van der Waals surface area (Å²) >= 11 is 0. The average molecular weight is 667 g/mol. The van der Waals surface area contributed by atoms with Gasteiger partial charge in [0.15, 0.2) is 18.9 Å². The summed E-state index contributed by atoms with van der Waals surface area (Å²) in [5, 5.41) is 141. The molecule has 4 heterocycles. The molecule has 0 amide bonds. The second-order valence-electron chi connectivity index (χ2n) is 11.3. The maximum atomic E-state index is 10.5. The van der Waals surface area contributed by atoms with Gasteiger partial charge >= 0.3 is 0 Å². The van der Waals surface area contributed by atoms with E-state index >= 15 is 0 Å². The highest BCUT2D eigenvalue weighted by atomic mass is 16.8. The van der Waals surface area contributed by atoms with Crippen LogP contribution in [0.2, 0.25) is 0 Å². The lowest BCUT2D eigenvalue weighted by atomic mass is 9.98. The molecule has 14 N–H and O–H groups in total. The Morgan fingerprint density at radius 1 is 0.444 bits per heavy atom. The van der Waals surface area contributed by atoms with Crippen molar-refractivity contribution in [3.8, 4) is 0 Å². The number of aliphatic hydroxyl groups is 14. The SMILES string of the molecule is OC[C@H]1O[C@H](OC[C@H]2O[C@H](OC[C@H]3O[C@H](O[C@]4(CO)O[C@H](CO)[C@@H](O)[C@@H]4O)[C@H](O)[C@@H](O)[C@@H]3O)[C@H](O)[C@H](O)[C@H]2O)[C@H](O)[C@H](O)[C@H]1O. The Labute approximate surface area is 254 Å². The molecule has 45 heavy (non-hydrogen) atoms. The lowest BCUT2D eigenvalue weighted by Crippen LogP contribution is -2.64. The lowest BCUT2D eigenvalue weighted by Gasteiger charge is -2.45. The monoisotopic (exact) mass is 666 g/mol. The van der Waals surface area contributed by atoms with Crippen LogP contribution in [0.25, 0.3) is 0 Å². The quantitative estimate of drug-likeness (QED) is 0.0973. The molecule has 4 fully saturated rings. The summed E-state index contributed by atoms with van der Waals surface area (Å²) in [5.41, 5.74) is 0. The van der Waals surface area contributed by atoms with E-state index in [2.05, 4.69) is 0 Å². The fourth-order valence-electron chi connectivity index (χ4n) is 5.39. The van der Waals surface area contributed by atoms with Gasteiger partial charge in [-0.05, 0) is 0 Å². The Hall–Kier alpha value is -0.840. The Kier molecular flexibility index (Phi) is 12.5. The van der Waals surface area contributed by atoms with E-state index in [1.807, 2.05) is 0 Å². The van der Waals surface area contributed by atoms with Gasteiger partial charge in [-0.2, -0.15) is 0 Å². The van der Waals surface area contributed by atoms with Crippen LogP contribution < -0.4 is 0 Å². The van der Waals surface area contributed by atoms with Gasteiger partial charge in [-0.15, -0.1) is 0 Å². The number of hydrogen-bond acceptors (Lipinski definition) is 21. The third-order valence-electron chi connectivity index (χ3n) is 8.26. The summed E-state index contributed by atoms with van der Waals surface area (Å²) in [6, 6.07) is 0. The molecule has 0 aromatic heterocycles. The summed E-state index contributed by atoms with van der Waals surface area (Å²) in [5.74, 6) is -2.43. The molecule has 4 rings (SSSR count). The third-order valence-corrected chi connectivity index (χ3v) is 8.26. The van der Waals surface area contributed by atoms with Gasteiger partial charge in [-0.1, -0.05) is 0 Å². The van der Waals surface area contributed by atoms with Gasteiger partial charge in [0.05, 0.1) is 26.4 Å². The molecule has 0 aliphatic carbocycles. The van der Waals surface area contributed by atoms with Crippen LogP contribution in [-0.2, 0) is 33.2 Å². The summed E-state index contributed by atoms with van der Waals surface area (Å²) in [6.45, 7) is -4.02. The summed E-state index contributed by atoms with van der Waals surface area (Å²) in [4.78, 5) is 0. The standard InChI is InChI=1S/C24H42O21/c25-1-6-10(28)14(32)17(35)21(41-6)39-3-8-11(29)15(33)18(36)22(42-8)40-4-9-12(30)16(34)19(37)23(43-9)45-24(5-27)20(38)13(31)7(2-26)44-24/h6-23,25-38H,1-5H2/t6-,7-,8-,9-,10+,11+,12-,13-,14-,15-,16+,17-,18-,19-,20+,21+,22+,23-,24+/m1/s1. The van der Waals surface area contributed by atoms with Crippen molar-refractivity contribution in [1.82, 2.24) is 0 Å². The zero-order chi connectivity index (χ0) is 33.4. The van der Waals surface area contributed by atoms with Crippen molar-refractivity contribution in [1.29, 1.82) is 0 Å². The van der Waals surface area contributed by atoms with Crippen molar-refractivity contribution in [3.05, 3.63) is 0 Å². The van der Waals surface area contributed by atoms with Gasteiger partial charge in [0.2, 0.25) is 5.79 Å². The highest BCUT2D eigenvalue weighted by Crippen LogP contribution is 2.36. The lowest BCUT2D eigenvalue weighted by molar-refractivity contribution is -0.388. The molecule has 0 aromatic carbocycles. The zero-order valence-electron chi connectivity index (χ0n) is 23.5. The molecule has 4 saturated heterocycles. The molecule has 21 nitrogen and oxygen atoms in total. The van der Waals surface area contributed by atoms with E-state index < -0.39 is 149 Å². The second-order valence-corrected chi connectivity index (χ2v) is 11.3. The van der Waals surface area contributed by atoms with E-state index in [9.17, 15) is 71.5 Å². The van der Waals surface area contributed by atoms with Gasteiger partial charge in [0.25, 0.3) is 0 Å². The van der Waals surface area contributed by atoms with Crippen LogP contribution in [0.4, 0.5) is 0 Å². The molecular weight excluding hydrogens is 624 g/mol. The van der Waals surface area contributed by atoms with Crippen LogP contribution in [0.5, 0.6) is 0 Å². The Balaban J connectivity index is 1.39. The summed E-state index contributed by atoms with van der Waals surface area (Å²) in [6.07, 6.45) is -31.4. The van der Waals surface area contributed by atoms with Crippen molar-refractivity contribution in [2.24, 2.45) is 0 Å². The molecule has 19 atom stereocenters. The Morgan fingerprint density at radius 3 is 1.27 bits per heavy atom. The van der Waals surface area contributed by atoms with Crippen molar-refractivity contribution in [2.75, 3.05) is 33.0 Å². The predicted octanol–water partition coefficient (Wildman–Crippen LogP) is -9.75. The van der Waals surface area contributed by atoms with E-state index in [0.29, 0.717) is 0 Å². The fourth-order valence-corrected chi connectivity index (χ4v) is 5.39. The molecular formula is C24H42O21. The van der Waals surface area contributed by atoms with Gasteiger partial charge in [-0.25, -0.2) is 0 Å². The van der Waals surface area contributed by atoms with Crippen LogP contribution in [0, 0.1) is 0 Å². The zero-order valence-corrected chi connectivity index (χ0v) is 23.5. The van der Waals surface area contributed by atoms with Gasteiger partial charge < -0.3 is 105 Å². The Morgan fingerprint density at radius 2 is 0.844 bits per heavy atom. The fraction of sp³-hybridized carbons (Fsp3) is 1.00. The summed E-state index contributed by atoms with van der Waals surface area (Å²) in [7, 11) is 0. The Bertz CT molecular complexity index is 931. The number of rotatable bonds is 11. The molecule has 0 bridgehead atoms. The average Bonchev–Trinajstić information content (AvgIpc) is 3.28. The van der Waals surface area contributed by atoms with Crippen LogP contribution in [0.3, 0.4) is 0 Å². The van der Waals surface area contributed by atoms with Crippen molar-refractivity contribution < 1.29 is 105 Å². The number of ether oxygens (including phenoxy) is 7. The van der Waals surface area contributed by atoms with Crippen LogP contribution in [-0.4, -0.2) is 221 Å². The highest BCUT2D eigenvalue weighted by Gasteiger charge is 2.58. The molecule has 0 spiro atoms. The molecule has 0 aromatic rings. The minimum absolute atomic E-state index is 0.650. The molecule has 21 heteroatoms. The van der Waals surface area contributed by atoms with Crippen LogP contribution >= 0.6 is 0 Å². The van der Waals surface area contributed by atoms with E-state index in [0.717, 1.165) is 0 Å². The first-order valence-electron chi connectivity index (χ1n) is 14.1. The van der Waals surface area contributed by atoms with E-state index in [-0.39, 0.29) is 0 Å². The topological polar surface area (TPSA) is 348 Å². The minimum atomic E-state index is -2.43. The predicted molar refractivity (Wildman–Crippen MR) is 134 cm³/mol. The van der Waals surface area contributed by atoms with Gasteiger partial charge in [0, 0.05) is 0 Å². The minimum Gasteiger partial charge on any atom is -0.394 e. The number of aliphatic hydroxyl groups excluding tert-OH is 14. The number of hydrogen-bond donors (Lipinski definition) is 14. The molecule has 4 aliphatic rings. The van der Waals surface area contributed by atoms with Crippen LogP contribution in [0.1, 0.15) is 0 Å². The van der Waals surface area contributed by atoms with Crippen molar-refractivity contribution in [3.63, 3.8) is 0 Å². The third kappa shape index (κ3) is 7.29. The van der Waals surface area contributed by atoms with Gasteiger partial charge in [0.1, 0.15) is 98.2 Å². The van der Waals surface area contributed by atoms with Crippen molar-refractivity contribution >= 4 is 0 Å². The maximum Gasteiger partial charge on any atom is 0.224 e. The normalized spacial score (nSPS) is 52.7. The smallest absolute Gasteiger partial charge is 0.224 e. The first kappa shape index (κ1) is 37.0. The highest BCUT2D eigenvalue weighted by molar-refractivity contribution is 4.99. The molecule has 0 unspecified atom stereocenters. The molecule has 264 valence electrons. The first-order chi connectivity index (χ1) is 21.2. The largest absolute Gasteiger partial charge is 0.394 e. The first-order valence-corrected chi connectivity index (χ1v) is 14.1. The van der Waals surface area contributed by atoms with Crippen molar-refractivity contribution in [2.45, 2.75) is 116 Å². The second kappa shape index (κ2) is 15.1. The van der Waals surface area contributed by atoms with E-state index in [1.54, 1.807) is 0 Å². The molecule has 0 radical (unpaired) electrons. The summed E-state index contributed by atoms with van der Waals surface area (Å²) < 4.78 is 37.6. The van der Waals surface area contributed by atoms with E-state index in [4.69, 9.17) is 33.2 Å². The molecule has 0 saturated carbocycles. The molecule has 4 aliphatic heterocycles.